The fraction of sp³-hybridized carbons (Fsp3) is 0.467. The van der Waals surface area contributed by atoms with Crippen molar-refractivity contribution in [3.05, 3.63) is 23.8 Å². The summed E-state index contributed by atoms with van der Waals surface area (Å²) in [4.78, 5) is 0. The van der Waals surface area contributed by atoms with E-state index in [2.05, 4.69) is 12.8 Å². The van der Waals surface area contributed by atoms with Crippen LogP contribution >= 0.6 is 0 Å². The van der Waals surface area contributed by atoms with Crippen LogP contribution in [0.15, 0.2) is 18.2 Å². The summed E-state index contributed by atoms with van der Waals surface area (Å²) in [5, 5.41) is 0. The maximum absolute atomic E-state index is 5.94. The Morgan fingerprint density at radius 2 is 2.17 bits per heavy atom. The molecular formula is C15H21NO2. The highest BCUT2D eigenvalue weighted by atomic mass is 16.5. The molecule has 0 fully saturated rings. The molecule has 0 amide bonds. The molecule has 2 N–H and O–H groups in total. The van der Waals surface area contributed by atoms with Gasteiger partial charge in [-0.25, -0.2) is 0 Å². The smallest absolute Gasteiger partial charge is 0.161 e. The van der Waals surface area contributed by atoms with E-state index in [-0.39, 0.29) is 6.04 Å². The Morgan fingerprint density at radius 1 is 1.39 bits per heavy atom. The largest absolute Gasteiger partial charge is 0.493 e. The Morgan fingerprint density at radius 3 is 2.78 bits per heavy atom. The molecule has 0 aliphatic carbocycles. The van der Waals surface area contributed by atoms with Crippen LogP contribution in [0.1, 0.15) is 25.3 Å². The molecule has 1 aromatic carbocycles. The van der Waals surface area contributed by atoms with E-state index in [4.69, 9.17) is 21.6 Å². The molecule has 0 spiro atoms. The molecule has 1 rings (SSSR count). The molecule has 3 heteroatoms. The molecule has 0 radical (unpaired) electrons. The van der Waals surface area contributed by atoms with Crippen LogP contribution in [-0.4, -0.2) is 19.8 Å². The van der Waals surface area contributed by atoms with Crippen molar-refractivity contribution in [2.75, 3.05) is 13.7 Å². The van der Waals surface area contributed by atoms with Gasteiger partial charge in [-0.3, -0.25) is 0 Å². The number of hydrogen-bond donors (Lipinski definition) is 1. The highest BCUT2D eigenvalue weighted by molar-refractivity contribution is 5.43. The van der Waals surface area contributed by atoms with Crippen molar-refractivity contribution in [3.8, 4) is 23.8 Å². The molecule has 1 aromatic rings. The third-order valence-corrected chi connectivity index (χ3v) is 2.75. The van der Waals surface area contributed by atoms with Gasteiger partial charge in [0.1, 0.15) is 0 Å². The van der Waals surface area contributed by atoms with Crippen LogP contribution in [0, 0.1) is 12.3 Å². The lowest BCUT2D eigenvalue weighted by Crippen LogP contribution is -2.21. The SMILES string of the molecule is C#CCCOc1ccc(CC(N)CC)cc1OC. The van der Waals surface area contributed by atoms with Crippen LogP contribution in [0.2, 0.25) is 0 Å². The summed E-state index contributed by atoms with van der Waals surface area (Å²) in [5.74, 6) is 3.99. The van der Waals surface area contributed by atoms with E-state index in [9.17, 15) is 0 Å². The number of nitrogens with two attached hydrogens (primary N) is 1. The fourth-order valence-electron chi connectivity index (χ4n) is 1.63. The van der Waals surface area contributed by atoms with Gasteiger partial charge in [0.2, 0.25) is 0 Å². The van der Waals surface area contributed by atoms with Gasteiger partial charge < -0.3 is 15.2 Å². The first kappa shape index (κ1) is 14.4. The summed E-state index contributed by atoms with van der Waals surface area (Å²) >= 11 is 0. The van der Waals surface area contributed by atoms with Gasteiger partial charge in [0.05, 0.1) is 13.7 Å². The average Bonchev–Trinajstić information content (AvgIpc) is 2.40. The lowest BCUT2D eigenvalue weighted by molar-refractivity contribution is 0.301. The molecule has 0 bridgehead atoms. The minimum atomic E-state index is 0.183. The van der Waals surface area contributed by atoms with Crippen LogP contribution in [0.5, 0.6) is 11.5 Å². The van der Waals surface area contributed by atoms with Gasteiger partial charge in [0.25, 0.3) is 0 Å². The zero-order valence-corrected chi connectivity index (χ0v) is 11.1. The number of benzene rings is 1. The first-order valence-corrected chi connectivity index (χ1v) is 6.20. The van der Waals surface area contributed by atoms with Crippen molar-refractivity contribution in [1.82, 2.24) is 0 Å². The second-order valence-corrected chi connectivity index (χ2v) is 4.16. The van der Waals surface area contributed by atoms with E-state index < -0.39 is 0 Å². The number of ether oxygens (including phenoxy) is 2. The molecule has 1 atom stereocenters. The average molecular weight is 247 g/mol. The molecule has 1 unspecified atom stereocenters. The Labute approximate surface area is 109 Å². The second kappa shape index (κ2) is 7.62. The maximum Gasteiger partial charge on any atom is 0.161 e. The van der Waals surface area contributed by atoms with Gasteiger partial charge in [-0.2, -0.15) is 0 Å². The lowest BCUT2D eigenvalue weighted by atomic mass is 10.0. The molecule has 0 saturated heterocycles. The quantitative estimate of drug-likeness (QED) is 0.594. The zero-order valence-electron chi connectivity index (χ0n) is 11.1. The highest BCUT2D eigenvalue weighted by Gasteiger charge is 2.07. The molecule has 0 heterocycles. The number of hydrogen-bond acceptors (Lipinski definition) is 3. The normalized spacial score (nSPS) is 11.7. The molecule has 0 aliphatic heterocycles. The van der Waals surface area contributed by atoms with Crippen LogP contribution < -0.4 is 15.2 Å². The molecule has 18 heavy (non-hydrogen) atoms. The van der Waals surface area contributed by atoms with Crippen LogP contribution in [0.4, 0.5) is 0 Å². The Kier molecular flexibility index (Phi) is 6.10. The molecular weight excluding hydrogens is 226 g/mol. The van der Waals surface area contributed by atoms with Crippen molar-refractivity contribution in [2.24, 2.45) is 5.73 Å². The fourth-order valence-corrected chi connectivity index (χ4v) is 1.63. The van der Waals surface area contributed by atoms with E-state index in [1.807, 2.05) is 18.2 Å². The molecule has 3 nitrogen and oxygen atoms in total. The first-order valence-electron chi connectivity index (χ1n) is 6.20. The van der Waals surface area contributed by atoms with Gasteiger partial charge in [0.15, 0.2) is 11.5 Å². The predicted octanol–water partition coefficient (Wildman–Crippen LogP) is 2.38. The van der Waals surface area contributed by atoms with Crippen molar-refractivity contribution < 1.29 is 9.47 Å². The highest BCUT2D eigenvalue weighted by Crippen LogP contribution is 2.28. The molecule has 98 valence electrons. The van der Waals surface area contributed by atoms with Gasteiger partial charge in [-0.1, -0.05) is 13.0 Å². The first-order chi connectivity index (χ1) is 8.71. The maximum atomic E-state index is 5.94. The minimum absolute atomic E-state index is 0.183. The summed E-state index contributed by atoms with van der Waals surface area (Å²) in [6.07, 6.45) is 7.58. The van der Waals surface area contributed by atoms with Crippen LogP contribution in [0.3, 0.4) is 0 Å². The monoisotopic (exact) mass is 247 g/mol. The van der Waals surface area contributed by atoms with E-state index in [0.29, 0.717) is 13.0 Å². The predicted molar refractivity (Wildman–Crippen MR) is 73.9 cm³/mol. The number of rotatable bonds is 7. The van der Waals surface area contributed by atoms with E-state index in [1.54, 1.807) is 7.11 Å². The van der Waals surface area contributed by atoms with Crippen LogP contribution in [-0.2, 0) is 6.42 Å². The second-order valence-electron chi connectivity index (χ2n) is 4.16. The van der Waals surface area contributed by atoms with E-state index in [0.717, 1.165) is 29.9 Å². The summed E-state index contributed by atoms with van der Waals surface area (Å²) < 4.78 is 10.9. The van der Waals surface area contributed by atoms with Crippen molar-refractivity contribution in [2.45, 2.75) is 32.2 Å². The topological polar surface area (TPSA) is 44.5 Å². The Bertz CT molecular complexity index is 409. The molecule has 0 aliphatic rings. The van der Waals surface area contributed by atoms with Gasteiger partial charge in [-0.05, 0) is 30.5 Å². The lowest BCUT2D eigenvalue weighted by Gasteiger charge is -2.13. The van der Waals surface area contributed by atoms with Gasteiger partial charge >= 0.3 is 0 Å². The number of methoxy groups -OCH3 is 1. The minimum Gasteiger partial charge on any atom is -0.493 e. The summed E-state index contributed by atoms with van der Waals surface area (Å²) in [5.41, 5.74) is 7.10. The summed E-state index contributed by atoms with van der Waals surface area (Å²) in [6.45, 7) is 2.58. The van der Waals surface area contributed by atoms with Gasteiger partial charge in [0, 0.05) is 12.5 Å². The summed E-state index contributed by atoms with van der Waals surface area (Å²) in [6, 6.07) is 6.08. The van der Waals surface area contributed by atoms with Crippen molar-refractivity contribution in [3.63, 3.8) is 0 Å². The third kappa shape index (κ3) is 4.31. The third-order valence-electron chi connectivity index (χ3n) is 2.75. The zero-order chi connectivity index (χ0) is 13.4. The molecule has 0 saturated carbocycles. The molecule has 0 aromatic heterocycles. The Hall–Kier alpha value is -1.66. The Balaban J connectivity index is 2.73. The number of terminal acetylenes is 1. The van der Waals surface area contributed by atoms with E-state index in [1.165, 1.54) is 0 Å². The van der Waals surface area contributed by atoms with E-state index >= 15 is 0 Å². The van der Waals surface area contributed by atoms with Crippen LogP contribution in [0.25, 0.3) is 0 Å². The van der Waals surface area contributed by atoms with Gasteiger partial charge in [-0.15, -0.1) is 12.3 Å². The van der Waals surface area contributed by atoms with Crippen molar-refractivity contribution >= 4 is 0 Å². The van der Waals surface area contributed by atoms with Crippen molar-refractivity contribution in [1.29, 1.82) is 0 Å². The summed E-state index contributed by atoms with van der Waals surface area (Å²) in [7, 11) is 1.63. The standard InChI is InChI=1S/C15H21NO2/c1-4-6-9-18-14-8-7-12(10-13(16)5-2)11-15(14)17-3/h1,7-8,11,13H,5-6,9-10,16H2,2-3H3.